The van der Waals surface area contributed by atoms with Crippen LogP contribution in [0.5, 0.6) is 5.75 Å². The molecule has 0 spiro atoms. The molecule has 3 rings (SSSR count). The van der Waals surface area contributed by atoms with Crippen LogP contribution in [0.1, 0.15) is 24.1 Å². The minimum absolute atomic E-state index is 0.116. The number of hydrazone groups is 1. The Morgan fingerprint density at radius 2 is 2.12 bits per heavy atom. The van der Waals surface area contributed by atoms with Crippen molar-refractivity contribution in [2.24, 2.45) is 5.10 Å². The van der Waals surface area contributed by atoms with Crippen molar-refractivity contribution in [2.45, 2.75) is 24.8 Å². The van der Waals surface area contributed by atoms with Gasteiger partial charge in [-0.1, -0.05) is 23.9 Å². The highest BCUT2D eigenvalue weighted by Gasteiger charge is 2.16. The fourth-order valence-corrected chi connectivity index (χ4v) is 3.34. The predicted molar refractivity (Wildman–Crippen MR) is 103 cm³/mol. The summed E-state index contributed by atoms with van der Waals surface area (Å²) < 4.78 is 0. The zero-order valence-corrected chi connectivity index (χ0v) is 15.4. The first-order valence-corrected chi connectivity index (χ1v) is 9.44. The lowest BCUT2D eigenvalue weighted by molar-refractivity contribution is -0.118. The fraction of sp³-hybridized carbons (Fsp3) is 0.333. The molecular weight excluding hydrogens is 350 g/mol. The van der Waals surface area contributed by atoms with E-state index in [4.69, 9.17) is 0 Å². The maximum absolute atomic E-state index is 12.0. The van der Waals surface area contributed by atoms with Crippen LogP contribution >= 0.6 is 11.8 Å². The van der Waals surface area contributed by atoms with Crippen molar-refractivity contribution in [3.8, 4) is 5.75 Å². The Morgan fingerprint density at radius 3 is 2.88 bits per heavy atom. The molecule has 0 bridgehead atoms. The van der Waals surface area contributed by atoms with E-state index < -0.39 is 0 Å². The first-order chi connectivity index (χ1) is 12.6. The number of carbonyl (C=O) groups is 1. The van der Waals surface area contributed by atoms with Crippen molar-refractivity contribution in [3.05, 3.63) is 41.6 Å². The molecule has 2 heterocycles. The number of anilines is 1. The van der Waals surface area contributed by atoms with Gasteiger partial charge in [-0.3, -0.25) is 4.79 Å². The summed E-state index contributed by atoms with van der Waals surface area (Å²) in [6.07, 6.45) is 3.74. The predicted octanol–water partition coefficient (Wildman–Crippen LogP) is 2.33. The first kappa shape index (κ1) is 18.2. The topological polar surface area (TPSA) is 90.7 Å². The number of thioether (sulfide) groups is 1. The van der Waals surface area contributed by atoms with E-state index in [1.54, 1.807) is 24.3 Å². The minimum atomic E-state index is -0.236. The molecule has 0 aliphatic carbocycles. The van der Waals surface area contributed by atoms with Crippen LogP contribution in [0, 0.1) is 6.92 Å². The van der Waals surface area contributed by atoms with Gasteiger partial charge in [0.2, 0.25) is 11.9 Å². The van der Waals surface area contributed by atoms with Crippen molar-refractivity contribution in [1.29, 1.82) is 0 Å². The Kier molecular flexibility index (Phi) is 6.06. The minimum Gasteiger partial charge on any atom is -0.507 e. The Labute approximate surface area is 156 Å². The zero-order valence-electron chi connectivity index (χ0n) is 14.6. The highest BCUT2D eigenvalue weighted by atomic mass is 32.2. The molecule has 1 aliphatic rings. The molecule has 0 unspecified atom stereocenters. The largest absolute Gasteiger partial charge is 0.507 e. The summed E-state index contributed by atoms with van der Waals surface area (Å²) >= 11 is 1.35. The lowest BCUT2D eigenvalue weighted by atomic mass is 10.2. The van der Waals surface area contributed by atoms with Gasteiger partial charge in [-0.15, -0.1) is 0 Å². The van der Waals surface area contributed by atoms with Gasteiger partial charge in [0.25, 0.3) is 0 Å². The number of rotatable bonds is 6. The highest BCUT2D eigenvalue weighted by molar-refractivity contribution is 7.99. The molecule has 136 valence electrons. The number of nitrogens with zero attached hydrogens (tertiary/aromatic N) is 4. The zero-order chi connectivity index (χ0) is 18.4. The van der Waals surface area contributed by atoms with Gasteiger partial charge in [-0.25, -0.2) is 15.4 Å². The van der Waals surface area contributed by atoms with Gasteiger partial charge in [0, 0.05) is 24.3 Å². The quantitative estimate of drug-likeness (QED) is 0.351. The molecule has 1 aromatic heterocycles. The molecule has 0 saturated carbocycles. The summed E-state index contributed by atoms with van der Waals surface area (Å²) in [5.41, 5.74) is 3.89. The van der Waals surface area contributed by atoms with Crippen LogP contribution in [0.4, 0.5) is 5.95 Å². The number of aromatic nitrogens is 2. The van der Waals surface area contributed by atoms with Crippen molar-refractivity contribution < 1.29 is 9.90 Å². The van der Waals surface area contributed by atoms with E-state index in [9.17, 15) is 9.90 Å². The molecule has 26 heavy (non-hydrogen) atoms. The number of amides is 1. The Morgan fingerprint density at radius 1 is 1.35 bits per heavy atom. The van der Waals surface area contributed by atoms with Crippen LogP contribution in [0.25, 0.3) is 0 Å². The van der Waals surface area contributed by atoms with Gasteiger partial charge >= 0.3 is 0 Å². The van der Waals surface area contributed by atoms with Crippen LogP contribution in [-0.4, -0.2) is 46.0 Å². The van der Waals surface area contributed by atoms with Crippen LogP contribution in [0.2, 0.25) is 0 Å². The van der Waals surface area contributed by atoms with E-state index in [1.165, 1.54) is 18.0 Å². The van der Waals surface area contributed by atoms with E-state index in [-0.39, 0.29) is 17.4 Å². The molecule has 0 radical (unpaired) electrons. The van der Waals surface area contributed by atoms with E-state index in [0.717, 1.165) is 42.6 Å². The third-order valence-corrected chi connectivity index (χ3v) is 4.80. The van der Waals surface area contributed by atoms with E-state index in [1.807, 2.05) is 13.0 Å². The second-order valence-corrected chi connectivity index (χ2v) is 6.98. The van der Waals surface area contributed by atoms with Crippen molar-refractivity contribution in [2.75, 3.05) is 23.7 Å². The number of para-hydroxylation sites is 1. The van der Waals surface area contributed by atoms with Crippen LogP contribution < -0.4 is 10.3 Å². The molecule has 1 aliphatic heterocycles. The van der Waals surface area contributed by atoms with Crippen LogP contribution in [0.3, 0.4) is 0 Å². The Hall–Kier alpha value is -2.61. The van der Waals surface area contributed by atoms with Crippen molar-refractivity contribution in [3.63, 3.8) is 0 Å². The Balaban J connectivity index is 1.53. The van der Waals surface area contributed by atoms with Crippen molar-refractivity contribution in [1.82, 2.24) is 15.4 Å². The van der Waals surface area contributed by atoms with Crippen LogP contribution in [-0.2, 0) is 4.79 Å². The molecule has 8 heteroatoms. The third-order valence-electron chi connectivity index (χ3n) is 3.89. The average Bonchev–Trinajstić information content (AvgIpc) is 3.16. The average molecular weight is 371 g/mol. The monoisotopic (exact) mass is 371 g/mol. The molecule has 1 aromatic carbocycles. The lowest BCUT2D eigenvalue weighted by Gasteiger charge is -2.16. The van der Waals surface area contributed by atoms with E-state index in [0.29, 0.717) is 5.56 Å². The molecular formula is C18H21N5O2S. The number of carbonyl (C=O) groups excluding carboxylic acids is 1. The van der Waals surface area contributed by atoms with E-state index in [2.05, 4.69) is 25.4 Å². The van der Waals surface area contributed by atoms with Gasteiger partial charge in [-0.2, -0.15) is 5.10 Å². The second kappa shape index (κ2) is 8.66. The number of phenolic OH excluding ortho intramolecular Hbond substituents is 1. The number of hydrogen-bond donors (Lipinski definition) is 2. The first-order valence-electron chi connectivity index (χ1n) is 8.45. The number of hydrogen-bond acceptors (Lipinski definition) is 7. The van der Waals surface area contributed by atoms with Gasteiger partial charge < -0.3 is 10.0 Å². The standard InChI is InChI=1S/C18H21N5O2S/c1-13-10-17(21-18(20-13)23-8-4-5-9-23)26-12-16(25)22-19-11-14-6-2-3-7-15(14)24/h2-3,6-7,10-11,24H,4-5,8-9,12H2,1H3,(H,22,25). The number of nitrogens with one attached hydrogen (secondary N) is 1. The molecule has 2 N–H and O–H groups in total. The second-order valence-electron chi connectivity index (χ2n) is 5.98. The summed E-state index contributed by atoms with van der Waals surface area (Å²) in [6.45, 7) is 3.90. The van der Waals surface area contributed by atoms with Crippen LogP contribution in [0.15, 0.2) is 40.5 Å². The summed E-state index contributed by atoms with van der Waals surface area (Å²) in [4.78, 5) is 23.2. The van der Waals surface area contributed by atoms with Gasteiger partial charge in [0.1, 0.15) is 10.8 Å². The smallest absolute Gasteiger partial charge is 0.250 e. The normalized spacial score (nSPS) is 14.1. The summed E-state index contributed by atoms with van der Waals surface area (Å²) in [6, 6.07) is 8.66. The summed E-state index contributed by atoms with van der Waals surface area (Å²) in [5, 5.41) is 14.3. The van der Waals surface area contributed by atoms with Gasteiger partial charge in [0.15, 0.2) is 0 Å². The van der Waals surface area contributed by atoms with Gasteiger partial charge in [0.05, 0.1) is 12.0 Å². The number of phenols is 1. The van der Waals surface area contributed by atoms with Crippen molar-refractivity contribution >= 4 is 29.8 Å². The maximum atomic E-state index is 12.0. The third kappa shape index (κ3) is 4.95. The highest BCUT2D eigenvalue weighted by Crippen LogP contribution is 2.22. The summed E-state index contributed by atoms with van der Waals surface area (Å²) in [5.74, 6) is 0.822. The molecule has 1 saturated heterocycles. The summed E-state index contributed by atoms with van der Waals surface area (Å²) in [7, 11) is 0. The number of benzene rings is 1. The van der Waals surface area contributed by atoms with Gasteiger partial charge in [-0.05, 0) is 38.0 Å². The van der Waals surface area contributed by atoms with E-state index >= 15 is 0 Å². The molecule has 7 nitrogen and oxygen atoms in total. The molecule has 2 aromatic rings. The molecule has 1 fully saturated rings. The maximum Gasteiger partial charge on any atom is 0.250 e. The molecule has 0 atom stereocenters. The fourth-order valence-electron chi connectivity index (χ4n) is 2.60. The molecule has 1 amide bonds. The Bertz CT molecular complexity index is 806. The number of aryl methyl sites for hydroxylation is 1. The SMILES string of the molecule is Cc1cc(SCC(=O)NN=Cc2ccccc2O)nc(N2CCCC2)n1. The lowest BCUT2D eigenvalue weighted by Crippen LogP contribution is -2.21. The number of aromatic hydroxyl groups is 1.